The third kappa shape index (κ3) is 2.25. The first-order valence-electron chi connectivity index (χ1n) is 4.55. The van der Waals surface area contributed by atoms with Crippen LogP contribution in [0.5, 0.6) is 0 Å². The van der Waals surface area contributed by atoms with E-state index in [1.807, 2.05) is 6.92 Å². The van der Waals surface area contributed by atoms with Crippen molar-refractivity contribution in [3.05, 3.63) is 0 Å². The zero-order valence-electron chi connectivity index (χ0n) is 8.34. The molecule has 2 nitrogen and oxygen atoms in total. The highest BCUT2D eigenvalue weighted by atomic mass is 79.9. The molecular formula is C10H16BrNO. The summed E-state index contributed by atoms with van der Waals surface area (Å²) in [4.78, 5) is 4.90. The van der Waals surface area contributed by atoms with E-state index in [2.05, 4.69) is 45.6 Å². The molecule has 1 rings (SSSR count). The van der Waals surface area contributed by atoms with Gasteiger partial charge in [0.25, 0.3) is 0 Å². The molecule has 3 unspecified atom stereocenters. The highest BCUT2D eigenvalue weighted by Crippen LogP contribution is 2.30. The second-order valence-electron chi connectivity index (χ2n) is 4.04. The molecule has 3 atom stereocenters. The lowest BCUT2D eigenvalue weighted by atomic mass is 9.80. The van der Waals surface area contributed by atoms with Gasteiger partial charge in [-0.15, -0.1) is 0 Å². The standard InChI is InChI=1S/C10H16BrNO/c1-8-7-12(3)9(2)6-10(8,13)4-5-11/h8-9,13H,6-7H2,1-3H3. The molecule has 1 saturated heterocycles. The van der Waals surface area contributed by atoms with Crippen LogP contribution in [0.25, 0.3) is 0 Å². The molecule has 74 valence electrons. The molecule has 1 fully saturated rings. The molecule has 0 amide bonds. The van der Waals surface area contributed by atoms with E-state index in [9.17, 15) is 5.11 Å². The highest BCUT2D eigenvalue weighted by molar-refractivity contribution is 9.12. The van der Waals surface area contributed by atoms with Gasteiger partial charge in [0.1, 0.15) is 5.60 Å². The van der Waals surface area contributed by atoms with Crippen molar-refractivity contribution >= 4 is 15.9 Å². The normalized spacial score (nSPS) is 41.0. The van der Waals surface area contributed by atoms with E-state index in [0.29, 0.717) is 6.04 Å². The number of piperidine rings is 1. The minimum absolute atomic E-state index is 0.207. The first-order chi connectivity index (χ1) is 5.99. The minimum Gasteiger partial charge on any atom is -0.377 e. The Morgan fingerprint density at radius 2 is 2.15 bits per heavy atom. The van der Waals surface area contributed by atoms with Crippen LogP contribution in [0, 0.1) is 16.7 Å². The Morgan fingerprint density at radius 1 is 1.54 bits per heavy atom. The largest absolute Gasteiger partial charge is 0.377 e. The molecule has 0 aromatic heterocycles. The number of halogens is 1. The molecule has 0 aromatic rings. The van der Waals surface area contributed by atoms with Gasteiger partial charge in [0.05, 0.1) is 0 Å². The Kier molecular flexibility index (Phi) is 3.39. The van der Waals surface area contributed by atoms with Gasteiger partial charge >= 0.3 is 0 Å². The van der Waals surface area contributed by atoms with E-state index in [-0.39, 0.29) is 5.92 Å². The van der Waals surface area contributed by atoms with E-state index in [1.165, 1.54) is 0 Å². The smallest absolute Gasteiger partial charge is 0.131 e. The maximum Gasteiger partial charge on any atom is 0.131 e. The topological polar surface area (TPSA) is 23.5 Å². The lowest BCUT2D eigenvalue weighted by molar-refractivity contribution is -0.0346. The van der Waals surface area contributed by atoms with Crippen molar-refractivity contribution in [1.29, 1.82) is 0 Å². The Hall–Kier alpha value is -0.0400. The van der Waals surface area contributed by atoms with Crippen molar-refractivity contribution in [3.8, 4) is 10.8 Å². The molecule has 0 saturated carbocycles. The van der Waals surface area contributed by atoms with Crippen LogP contribution in [0.15, 0.2) is 0 Å². The highest BCUT2D eigenvalue weighted by Gasteiger charge is 2.39. The summed E-state index contributed by atoms with van der Waals surface area (Å²) in [5, 5.41) is 10.2. The molecule has 1 heterocycles. The van der Waals surface area contributed by atoms with Crippen LogP contribution in [-0.4, -0.2) is 35.2 Å². The van der Waals surface area contributed by atoms with E-state index < -0.39 is 5.60 Å². The van der Waals surface area contributed by atoms with Crippen LogP contribution in [-0.2, 0) is 0 Å². The Morgan fingerprint density at radius 3 is 2.69 bits per heavy atom. The van der Waals surface area contributed by atoms with Gasteiger partial charge in [-0.25, -0.2) is 0 Å². The fraction of sp³-hybridized carbons (Fsp3) is 0.800. The number of hydrogen-bond donors (Lipinski definition) is 1. The predicted octanol–water partition coefficient (Wildman–Crippen LogP) is 1.43. The molecule has 0 aliphatic carbocycles. The van der Waals surface area contributed by atoms with Crippen LogP contribution in [0.1, 0.15) is 20.3 Å². The van der Waals surface area contributed by atoms with Gasteiger partial charge in [0, 0.05) is 40.9 Å². The maximum atomic E-state index is 10.2. The van der Waals surface area contributed by atoms with E-state index in [0.717, 1.165) is 13.0 Å². The zero-order chi connectivity index (χ0) is 10.1. The fourth-order valence-electron chi connectivity index (χ4n) is 1.83. The first-order valence-corrected chi connectivity index (χ1v) is 5.34. The number of likely N-dealkylation sites (tertiary alicyclic amines) is 1. The van der Waals surface area contributed by atoms with Crippen molar-refractivity contribution in [2.24, 2.45) is 5.92 Å². The molecule has 0 spiro atoms. The average Bonchev–Trinajstić information content (AvgIpc) is 2.02. The van der Waals surface area contributed by atoms with Gasteiger partial charge < -0.3 is 10.0 Å². The van der Waals surface area contributed by atoms with Crippen molar-refractivity contribution < 1.29 is 5.11 Å². The quantitative estimate of drug-likeness (QED) is 0.654. The first kappa shape index (κ1) is 11.0. The molecule has 1 aliphatic heterocycles. The molecule has 1 aliphatic rings. The van der Waals surface area contributed by atoms with Gasteiger partial charge in [-0.3, -0.25) is 0 Å². The number of hydrogen-bond acceptors (Lipinski definition) is 2. The van der Waals surface area contributed by atoms with Crippen molar-refractivity contribution in [3.63, 3.8) is 0 Å². The summed E-state index contributed by atoms with van der Waals surface area (Å²) in [5.41, 5.74) is -0.810. The Labute approximate surface area is 88.4 Å². The number of aliphatic hydroxyl groups is 1. The average molecular weight is 246 g/mol. The summed E-state index contributed by atoms with van der Waals surface area (Å²) in [5.74, 6) is 3.06. The van der Waals surface area contributed by atoms with Gasteiger partial charge in [-0.1, -0.05) is 12.8 Å². The summed E-state index contributed by atoms with van der Waals surface area (Å²) in [6, 6.07) is 0.398. The molecule has 13 heavy (non-hydrogen) atoms. The molecule has 3 heteroatoms. The van der Waals surface area contributed by atoms with E-state index in [1.54, 1.807) is 0 Å². The second-order valence-corrected chi connectivity index (χ2v) is 4.43. The van der Waals surface area contributed by atoms with Crippen molar-refractivity contribution in [2.75, 3.05) is 13.6 Å². The minimum atomic E-state index is -0.810. The van der Waals surface area contributed by atoms with Gasteiger partial charge in [0.15, 0.2) is 0 Å². The van der Waals surface area contributed by atoms with Crippen LogP contribution in [0.4, 0.5) is 0 Å². The molecule has 1 N–H and O–H groups in total. The van der Waals surface area contributed by atoms with Crippen LogP contribution >= 0.6 is 15.9 Å². The zero-order valence-corrected chi connectivity index (χ0v) is 9.93. The Bertz CT molecular complexity index is 245. The SMILES string of the molecule is CC1CC(O)(C#CBr)C(C)CN1C. The second kappa shape index (κ2) is 4.00. The summed E-state index contributed by atoms with van der Waals surface area (Å²) in [6.45, 7) is 5.06. The van der Waals surface area contributed by atoms with E-state index >= 15 is 0 Å². The van der Waals surface area contributed by atoms with Crippen LogP contribution in [0.2, 0.25) is 0 Å². The van der Waals surface area contributed by atoms with E-state index in [4.69, 9.17) is 0 Å². The lowest BCUT2D eigenvalue weighted by Gasteiger charge is -2.42. The molecule has 0 bridgehead atoms. The van der Waals surface area contributed by atoms with Gasteiger partial charge in [-0.2, -0.15) is 0 Å². The number of nitrogens with zero attached hydrogens (tertiary/aromatic N) is 1. The molecule has 0 aromatic carbocycles. The fourth-order valence-corrected chi connectivity index (χ4v) is 2.17. The molecular weight excluding hydrogens is 230 g/mol. The van der Waals surface area contributed by atoms with Crippen molar-refractivity contribution in [1.82, 2.24) is 4.90 Å². The summed E-state index contributed by atoms with van der Waals surface area (Å²) in [7, 11) is 2.09. The number of rotatable bonds is 0. The third-order valence-corrected chi connectivity index (χ3v) is 3.20. The van der Waals surface area contributed by atoms with Gasteiger partial charge in [0.2, 0.25) is 0 Å². The maximum absolute atomic E-state index is 10.2. The Balaban J connectivity index is 2.80. The van der Waals surface area contributed by atoms with Crippen molar-refractivity contribution in [2.45, 2.75) is 31.9 Å². The summed E-state index contributed by atoms with van der Waals surface area (Å²) >= 11 is 3.05. The van der Waals surface area contributed by atoms with Gasteiger partial charge in [-0.05, 0) is 18.8 Å². The predicted molar refractivity (Wildman–Crippen MR) is 57.5 cm³/mol. The summed E-state index contributed by atoms with van der Waals surface area (Å²) in [6.07, 6.45) is 0.725. The monoisotopic (exact) mass is 245 g/mol. The van der Waals surface area contributed by atoms with Crippen LogP contribution in [0.3, 0.4) is 0 Å². The lowest BCUT2D eigenvalue weighted by Crippen LogP contribution is -2.52. The third-order valence-electron chi connectivity index (χ3n) is 3.00. The summed E-state index contributed by atoms with van der Waals surface area (Å²) < 4.78 is 0. The molecule has 0 radical (unpaired) electrons. The van der Waals surface area contributed by atoms with Crippen LogP contribution < -0.4 is 0 Å².